The van der Waals surface area contributed by atoms with Crippen molar-refractivity contribution in [2.45, 2.75) is 0 Å². The molecule has 0 atom stereocenters. The standard InChI is InChI=1S/C13H8BrClFNO2/c14-7-1-2-11(12(18)3-7)13(19)17-10-5-8(15)4-9(16)6-10/h1-6,18H,(H,17,19). The number of halogens is 3. The summed E-state index contributed by atoms with van der Waals surface area (Å²) in [5, 5.41) is 12.3. The summed E-state index contributed by atoms with van der Waals surface area (Å²) < 4.78 is 13.8. The first-order chi connectivity index (χ1) is 8.95. The highest BCUT2D eigenvalue weighted by Gasteiger charge is 2.12. The fourth-order valence-electron chi connectivity index (χ4n) is 1.52. The van der Waals surface area contributed by atoms with Gasteiger partial charge in [-0.3, -0.25) is 4.79 Å². The van der Waals surface area contributed by atoms with Crippen LogP contribution in [0.5, 0.6) is 5.75 Å². The molecule has 0 spiro atoms. The Kier molecular flexibility index (Phi) is 4.07. The molecule has 0 fully saturated rings. The van der Waals surface area contributed by atoms with Crippen LogP contribution in [0.25, 0.3) is 0 Å². The molecule has 0 aliphatic heterocycles. The van der Waals surface area contributed by atoms with Crippen LogP contribution in [-0.2, 0) is 0 Å². The minimum absolute atomic E-state index is 0.0867. The fourth-order valence-corrected chi connectivity index (χ4v) is 2.09. The molecule has 0 aliphatic carbocycles. The zero-order valence-electron chi connectivity index (χ0n) is 9.45. The Balaban J connectivity index is 2.25. The minimum atomic E-state index is -0.553. The van der Waals surface area contributed by atoms with Gasteiger partial charge in [0.2, 0.25) is 0 Å². The molecular weight excluding hydrogens is 337 g/mol. The maximum atomic E-state index is 13.1. The molecular formula is C13H8BrClFNO2. The first kappa shape index (κ1) is 13.8. The van der Waals surface area contributed by atoms with Crippen molar-refractivity contribution in [1.82, 2.24) is 0 Å². The van der Waals surface area contributed by atoms with Crippen molar-refractivity contribution in [1.29, 1.82) is 0 Å². The van der Waals surface area contributed by atoms with Crippen molar-refractivity contribution in [3.05, 3.63) is 57.3 Å². The molecule has 2 aromatic rings. The van der Waals surface area contributed by atoms with E-state index in [9.17, 15) is 14.3 Å². The van der Waals surface area contributed by atoms with Gasteiger partial charge in [0.05, 0.1) is 5.56 Å². The maximum Gasteiger partial charge on any atom is 0.259 e. The Labute approximate surface area is 122 Å². The monoisotopic (exact) mass is 343 g/mol. The van der Waals surface area contributed by atoms with Crippen molar-refractivity contribution in [3.63, 3.8) is 0 Å². The molecule has 6 heteroatoms. The van der Waals surface area contributed by atoms with Crippen LogP contribution in [0.15, 0.2) is 40.9 Å². The van der Waals surface area contributed by atoms with Crippen LogP contribution in [0.2, 0.25) is 5.02 Å². The Morgan fingerprint density at radius 2 is 2.00 bits per heavy atom. The maximum absolute atomic E-state index is 13.1. The van der Waals surface area contributed by atoms with Crippen LogP contribution in [0.1, 0.15) is 10.4 Å². The first-order valence-electron chi connectivity index (χ1n) is 5.21. The molecule has 0 bridgehead atoms. The van der Waals surface area contributed by atoms with Gasteiger partial charge in [-0.15, -0.1) is 0 Å². The molecule has 0 saturated heterocycles. The van der Waals surface area contributed by atoms with E-state index in [-0.39, 0.29) is 22.0 Å². The number of rotatable bonds is 2. The smallest absolute Gasteiger partial charge is 0.259 e. The molecule has 2 rings (SSSR count). The molecule has 19 heavy (non-hydrogen) atoms. The van der Waals surface area contributed by atoms with Crippen LogP contribution >= 0.6 is 27.5 Å². The predicted molar refractivity (Wildman–Crippen MR) is 75.2 cm³/mol. The lowest BCUT2D eigenvalue weighted by atomic mass is 10.2. The first-order valence-corrected chi connectivity index (χ1v) is 6.39. The Bertz CT molecular complexity index is 628. The predicted octanol–water partition coefficient (Wildman–Crippen LogP) is 4.20. The summed E-state index contributed by atoms with van der Waals surface area (Å²) in [7, 11) is 0. The van der Waals surface area contributed by atoms with Gasteiger partial charge in [-0.05, 0) is 36.4 Å². The van der Waals surface area contributed by atoms with E-state index in [0.29, 0.717) is 4.47 Å². The zero-order chi connectivity index (χ0) is 14.0. The van der Waals surface area contributed by atoms with Crippen LogP contribution < -0.4 is 5.32 Å². The van der Waals surface area contributed by atoms with Gasteiger partial charge in [0.15, 0.2) is 0 Å². The Hall–Kier alpha value is -1.59. The van der Waals surface area contributed by atoms with E-state index in [1.54, 1.807) is 6.07 Å². The number of amides is 1. The van der Waals surface area contributed by atoms with Crippen molar-refractivity contribution in [3.8, 4) is 5.75 Å². The van der Waals surface area contributed by atoms with E-state index in [1.165, 1.54) is 18.2 Å². The average Bonchev–Trinajstić information content (AvgIpc) is 2.26. The molecule has 0 heterocycles. The highest BCUT2D eigenvalue weighted by atomic mass is 79.9. The number of aromatic hydroxyl groups is 1. The number of carbonyl (C=O) groups excluding carboxylic acids is 1. The largest absolute Gasteiger partial charge is 0.507 e. The lowest BCUT2D eigenvalue weighted by molar-refractivity contribution is 0.102. The summed E-state index contributed by atoms with van der Waals surface area (Å²) in [4.78, 5) is 11.9. The van der Waals surface area contributed by atoms with Gasteiger partial charge in [-0.25, -0.2) is 4.39 Å². The summed E-state index contributed by atoms with van der Waals surface area (Å²) in [5.41, 5.74) is 0.306. The van der Waals surface area contributed by atoms with Crippen molar-refractivity contribution in [2.75, 3.05) is 5.32 Å². The van der Waals surface area contributed by atoms with E-state index in [4.69, 9.17) is 11.6 Å². The molecule has 0 aromatic heterocycles. The number of hydrogen-bond acceptors (Lipinski definition) is 2. The van der Waals surface area contributed by atoms with Gasteiger partial charge in [0.1, 0.15) is 11.6 Å². The molecule has 2 aromatic carbocycles. The highest BCUT2D eigenvalue weighted by molar-refractivity contribution is 9.10. The Morgan fingerprint density at radius 1 is 1.26 bits per heavy atom. The third-order valence-corrected chi connectivity index (χ3v) is 3.04. The number of phenolic OH excluding ortho intramolecular Hbond substituents is 1. The number of phenols is 1. The van der Waals surface area contributed by atoms with Gasteiger partial charge in [0.25, 0.3) is 5.91 Å². The topological polar surface area (TPSA) is 49.3 Å². The third-order valence-electron chi connectivity index (χ3n) is 2.32. The van der Waals surface area contributed by atoms with Crippen LogP contribution in [0, 0.1) is 5.82 Å². The lowest BCUT2D eigenvalue weighted by Crippen LogP contribution is -2.12. The van der Waals surface area contributed by atoms with Crippen LogP contribution in [0.4, 0.5) is 10.1 Å². The average molecular weight is 345 g/mol. The summed E-state index contributed by atoms with van der Waals surface area (Å²) in [6.45, 7) is 0. The lowest BCUT2D eigenvalue weighted by Gasteiger charge is -2.07. The summed E-state index contributed by atoms with van der Waals surface area (Å²) in [6, 6.07) is 8.16. The normalized spacial score (nSPS) is 10.3. The van der Waals surface area contributed by atoms with Crippen LogP contribution in [-0.4, -0.2) is 11.0 Å². The summed E-state index contributed by atoms with van der Waals surface area (Å²) in [6.07, 6.45) is 0. The van der Waals surface area contributed by atoms with Gasteiger partial charge in [-0.2, -0.15) is 0 Å². The summed E-state index contributed by atoms with van der Waals surface area (Å²) >= 11 is 8.86. The molecule has 98 valence electrons. The zero-order valence-corrected chi connectivity index (χ0v) is 11.8. The second kappa shape index (κ2) is 5.59. The number of benzene rings is 2. The van der Waals surface area contributed by atoms with E-state index in [0.717, 1.165) is 12.1 Å². The van der Waals surface area contributed by atoms with E-state index < -0.39 is 11.7 Å². The van der Waals surface area contributed by atoms with Crippen molar-refractivity contribution in [2.24, 2.45) is 0 Å². The highest BCUT2D eigenvalue weighted by Crippen LogP contribution is 2.24. The van der Waals surface area contributed by atoms with E-state index in [1.807, 2.05) is 0 Å². The second-order valence-electron chi connectivity index (χ2n) is 3.77. The number of carbonyl (C=O) groups is 1. The molecule has 0 aliphatic rings. The second-order valence-corrected chi connectivity index (χ2v) is 5.13. The molecule has 0 radical (unpaired) electrons. The van der Waals surface area contributed by atoms with Gasteiger partial charge in [0, 0.05) is 15.2 Å². The molecule has 3 nitrogen and oxygen atoms in total. The van der Waals surface area contributed by atoms with E-state index in [2.05, 4.69) is 21.2 Å². The molecule has 0 saturated carbocycles. The Morgan fingerprint density at radius 3 is 2.63 bits per heavy atom. The molecule has 2 N–H and O–H groups in total. The SMILES string of the molecule is O=C(Nc1cc(F)cc(Cl)c1)c1ccc(Br)cc1O. The minimum Gasteiger partial charge on any atom is -0.507 e. The molecule has 1 amide bonds. The fraction of sp³-hybridized carbons (Fsp3) is 0. The van der Waals surface area contributed by atoms with Gasteiger partial charge in [-0.1, -0.05) is 27.5 Å². The number of anilines is 1. The van der Waals surface area contributed by atoms with Crippen molar-refractivity contribution < 1.29 is 14.3 Å². The van der Waals surface area contributed by atoms with Crippen LogP contribution in [0.3, 0.4) is 0 Å². The van der Waals surface area contributed by atoms with Gasteiger partial charge >= 0.3 is 0 Å². The van der Waals surface area contributed by atoms with Crippen molar-refractivity contribution >= 4 is 39.1 Å². The summed E-state index contributed by atoms with van der Waals surface area (Å²) in [5.74, 6) is -1.27. The number of hydrogen-bond donors (Lipinski definition) is 2. The van der Waals surface area contributed by atoms with E-state index >= 15 is 0 Å². The quantitative estimate of drug-likeness (QED) is 0.858. The van der Waals surface area contributed by atoms with Gasteiger partial charge < -0.3 is 10.4 Å². The molecule has 0 unspecified atom stereocenters. The third kappa shape index (κ3) is 3.45. The number of nitrogens with one attached hydrogen (secondary N) is 1.